The number of carbonyl (C=O) groups is 1. The SMILES string of the molecule is COC(=O)c1c2ccccc2c(Cl)c[n+]1O. The van der Waals surface area contributed by atoms with Crippen molar-refractivity contribution in [2.75, 3.05) is 7.11 Å². The van der Waals surface area contributed by atoms with Crippen LogP contribution >= 0.6 is 11.6 Å². The van der Waals surface area contributed by atoms with E-state index >= 15 is 0 Å². The van der Waals surface area contributed by atoms with Gasteiger partial charge in [0.05, 0.1) is 12.5 Å². The standard InChI is InChI=1S/C11H9ClNO3/c1-16-11(14)10-8-5-3-2-4-7(8)9(12)6-13(10)15/h2-6,15H,1H3/q+1. The normalized spacial score (nSPS) is 10.4. The molecule has 0 aliphatic heterocycles. The maximum atomic E-state index is 11.5. The molecule has 0 atom stereocenters. The number of methoxy groups -OCH3 is 1. The third kappa shape index (κ3) is 1.57. The maximum Gasteiger partial charge on any atom is 0.409 e. The molecule has 16 heavy (non-hydrogen) atoms. The van der Waals surface area contributed by atoms with Crippen molar-refractivity contribution < 1.29 is 19.5 Å². The lowest BCUT2D eigenvalue weighted by Gasteiger charge is -2.01. The zero-order chi connectivity index (χ0) is 11.7. The van der Waals surface area contributed by atoms with E-state index < -0.39 is 5.97 Å². The molecule has 1 aromatic carbocycles. The first-order valence-electron chi connectivity index (χ1n) is 4.55. The summed E-state index contributed by atoms with van der Waals surface area (Å²) < 4.78 is 5.28. The Morgan fingerprint density at radius 3 is 2.62 bits per heavy atom. The molecule has 1 N–H and O–H groups in total. The topological polar surface area (TPSA) is 50.4 Å². The van der Waals surface area contributed by atoms with Crippen LogP contribution in [0, 0.1) is 0 Å². The molecule has 2 aromatic rings. The molecule has 0 amide bonds. The molecule has 0 unspecified atom stereocenters. The van der Waals surface area contributed by atoms with E-state index in [1.165, 1.54) is 13.3 Å². The smallest absolute Gasteiger partial charge is 0.409 e. The summed E-state index contributed by atoms with van der Waals surface area (Å²) in [7, 11) is 1.26. The van der Waals surface area contributed by atoms with E-state index in [0.717, 1.165) is 0 Å². The highest BCUT2D eigenvalue weighted by molar-refractivity contribution is 6.35. The van der Waals surface area contributed by atoms with Gasteiger partial charge in [-0.2, -0.15) is 0 Å². The van der Waals surface area contributed by atoms with Gasteiger partial charge in [-0.1, -0.05) is 29.8 Å². The number of pyridine rings is 1. The first kappa shape index (κ1) is 10.7. The zero-order valence-electron chi connectivity index (χ0n) is 8.48. The number of benzene rings is 1. The van der Waals surface area contributed by atoms with E-state index in [2.05, 4.69) is 4.74 Å². The second-order valence-corrected chi connectivity index (χ2v) is 3.61. The van der Waals surface area contributed by atoms with Crippen LogP contribution in [-0.4, -0.2) is 18.3 Å². The largest absolute Gasteiger partial charge is 0.461 e. The van der Waals surface area contributed by atoms with Crippen LogP contribution in [0.15, 0.2) is 30.5 Å². The Hall–Kier alpha value is -1.81. The molecule has 0 aliphatic carbocycles. The van der Waals surface area contributed by atoms with Crippen molar-refractivity contribution in [1.82, 2.24) is 0 Å². The Labute approximate surface area is 96.6 Å². The van der Waals surface area contributed by atoms with Crippen LogP contribution < -0.4 is 4.73 Å². The van der Waals surface area contributed by atoms with Gasteiger partial charge in [0.25, 0.3) is 0 Å². The minimum absolute atomic E-state index is 0.0579. The van der Waals surface area contributed by atoms with Crippen molar-refractivity contribution in [1.29, 1.82) is 0 Å². The number of esters is 1. The maximum absolute atomic E-state index is 11.5. The van der Waals surface area contributed by atoms with Gasteiger partial charge < -0.3 is 4.74 Å². The molecular weight excluding hydrogens is 230 g/mol. The highest BCUT2D eigenvalue weighted by atomic mass is 35.5. The Kier molecular flexibility index (Phi) is 2.66. The molecule has 0 aliphatic rings. The van der Waals surface area contributed by atoms with Crippen LogP contribution in [0.1, 0.15) is 10.5 Å². The predicted octanol–water partition coefficient (Wildman–Crippen LogP) is 1.80. The molecule has 82 valence electrons. The van der Waals surface area contributed by atoms with Crippen molar-refractivity contribution in [3.63, 3.8) is 0 Å². The molecule has 2 rings (SSSR count). The van der Waals surface area contributed by atoms with E-state index in [-0.39, 0.29) is 5.69 Å². The molecule has 0 saturated carbocycles. The zero-order valence-corrected chi connectivity index (χ0v) is 9.23. The monoisotopic (exact) mass is 238 g/mol. The van der Waals surface area contributed by atoms with Gasteiger partial charge in [0.1, 0.15) is 5.02 Å². The van der Waals surface area contributed by atoms with Gasteiger partial charge in [0, 0.05) is 10.1 Å². The number of aromatic nitrogens is 1. The van der Waals surface area contributed by atoms with Gasteiger partial charge in [-0.05, 0) is 6.07 Å². The van der Waals surface area contributed by atoms with Crippen LogP contribution in [0.25, 0.3) is 10.8 Å². The predicted molar refractivity (Wildman–Crippen MR) is 57.7 cm³/mol. The average Bonchev–Trinajstić information content (AvgIpc) is 2.28. The number of ether oxygens (including phenoxy) is 1. The Morgan fingerprint density at radius 2 is 2.00 bits per heavy atom. The highest BCUT2D eigenvalue weighted by Crippen LogP contribution is 2.23. The van der Waals surface area contributed by atoms with Crippen molar-refractivity contribution in [2.24, 2.45) is 0 Å². The van der Waals surface area contributed by atoms with Gasteiger partial charge in [-0.3, -0.25) is 5.21 Å². The van der Waals surface area contributed by atoms with Gasteiger partial charge in [0.2, 0.25) is 6.20 Å². The number of rotatable bonds is 1. The summed E-state index contributed by atoms with van der Waals surface area (Å²) in [6.45, 7) is 0. The number of halogens is 1. The summed E-state index contributed by atoms with van der Waals surface area (Å²) in [5, 5.41) is 11.2. The fourth-order valence-electron chi connectivity index (χ4n) is 1.56. The van der Waals surface area contributed by atoms with Crippen molar-refractivity contribution >= 4 is 28.3 Å². The molecule has 1 aromatic heterocycles. The summed E-state index contributed by atoms with van der Waals surface area (Å²) in [4.78, 5) is 11.5. The molecule has 0 bridgehead atoms. The molecule has 0 fully saturated rings. The van der Waals surface area contributed by atoms with Crippen molar-refractivity contribution in [3.8, 4) is 0 Å². The van der Waals surface area contributed by atoms with E-state index in [1.807, 2.05) is 0 Å². The van der Waals surface area contributed by atoms with E-state index in [9.17, 15) is 10.0 Å². The summed E-state index contributed by atoms with van der Waals surface area (Å²) in [6.07, 6.45) is 1.26. The Morgan fingerprint density at radius 1 is 1.38 bits per heavy atom. The Bertz CT molecular complexity index is 568. The third-order valence-corrected chi connectivity index (χ3v) is 2.58. The summed E-state index contributed by atoms with van der Waals surface area (Å²) in [6, 6.07) is 7.02. The minimum atomic E-state index is -0.615. The van der Waals surface area contributed by atoms with Crippen LogP contribution in [0.4, 0.5) is 0 Å². The summed E-state index contributed by atoms with van der Waals surface area (Å²) in [5.41, 5.74) is 0.0579. The van der Waals surface area contributed by atoms with Crippen molar-refractivity contribution in [2.45, 2.75) is 0 Å². The first-order valence-corrected chi connectivity index (χ1v) is 4.93. The van der Waals surface area contributed by atoms with Crippen LogP contribution in [-0.2, 0) is 4.74 Å². The highest BCUT2D eigenvalue weighted by Gasteiger charge is 2.26. The lowest BCUT2D eigenvalue weighted by Crippen LogP contribution is -2.38. The quantitative estimate of drug-likeness (QED) is 0.468. The molecule has 0 radical (unpaired) electrons. The minimum Gasteiger partial charge on any atom is -0.461 e. The van der Waals surface area contributed by atoms with Crippen molar-refractivity contribution in [3.05, 3.63) is 41.2 Å². The summed E-state index contributed by atoms with van der Waals surface area (Å²) in [5.74, 6) is -0.615. The summed E-state index contributed by atoms with van der Waals surface area (Å²) >= 11 is 5.95. The lowest BCUT2D eigenvalue weighted by molar-refractivity contribution is -0.905. The van der Waals surface area contributed by atoms with E-state index in [1.54, 1.807) is 24.3 Å². The number of fused-ring (bicyclic) bond motifs is 1. The molecule has 1 heterocycles. The lowest BCUT2D eigenvalue weighted by atomic mass is 10.1. The van der Waals surface area contributed by atoms with Crippen LogP contribution in [0.3, 0.4) is 0 Å². The molecule has 4 nitrogen and oxygen atoms in total. The fraction of sp³-hybridized carbons (Fsp3) is 0.0909. The number of nitrogens with zero attached hydrogens (tertiary/aromatic N) is 1. The van der Waals surface area contributed by atoms with Crippen LogP contribution in [0.5, 0.6) is 0 Å². The van der Waals surface area contributed by atoms with E-state index in [4.69, 9.17) is 11.6 Å². The molecule has 0 saturated heterocycles. The van der Waals surface area contributed by atoms with Crippen LogP contribution in [0.2, 0.25) is 5.02 Å². The van der Waals surface area contributed by atoms with Gasteiger partial charge >= 0.3 is 11.7 Å². The number of hydrogen-bond donors (Lipinski definition) is 1. The molecule has 5 heteroatoms. The first-order chi connectivity index (χ1) is 7.65. The third-order valence-electron chi connectivity index (χ3n) is 2.28. The molecule has 0 spiro atoms. The fourth-order valence-corrected chi connectivity index (χ4v) is 1.82. The average molecular weight is 239 g/mol. The number of hydrogen-bond acceptors (Lipinski definition) is 3. The number of carbonyl (C=O) groups excluding carboxylic acids is 1. The second-order valence-electron chi connectivity index (χ2n) is 3.21. The molecular formula is C11H9ClNO3+. The van der Waals surface area contributed by atoms with Gasteiger partial charge in [-0.25, -0.2) is 4.79 Å². The van der Waals surface area contributed by atoms with Gasteiger partial charge in [-0.15, -0.1) is 0 Å². The Balaban J connectivity index is 2.87. The van der Waals surface area contributed by atoms with Gasteiger partial charge in [0.15, 0.2) is 0 Å². The van der Waals surface area contributed by atoms with E-state index in [0.29, 0.717) is 20.5 Å². The second kappa shape index (κ2) is 3.98.